The highest BCUT2D eigenvalue weighted by Gasteiger charge is 2.41. The molecule has 0 heterocycles. The van der Waals surface area contributed by atoms with Crippen LogP contribution in [0.1, 0.15) is 68.2 Å². The van der Waals surface area contributed by atoms with E-state index in [4.69, 9.17) is 4.43 Å². The molecule has 1 atom stereocenters. The standard InChI is InChI=1S/C19H43NO2Si2/c1-15(2)13-16(20-23(9,10)18(3,4)5)14-17(21)22-24(11,12)19(6,7)8/h15-16,20H,13-14H2,1-12H3. The van der Waals surface area contributed by atoms with Crippen molar-refractivity contribution in [2.45, 2.75) is 111 Å². The van der Waals surface area contributed by atoms with Crippen LogP contribution in [0.5, 0.6) is 0 Å². The Hall–Kier alpha value is -0.136. The second kappa shape index (κ2) is 8.04. The Bertz CT molecular complexity index is 418. The summed E-state index contributed by atoms with van der Waals surface area (Å²) in [5.41, 5.74) is 0. The monoisotopic (exact) mass is 373 g/mol. The van der Waals surface area contributed by atoms with Gasteiger partial charge in [-0.15, -0.1) is 0 Å². The lowest BCUT2D eigenvalue weighted by atomic mass is 10.0. The molecular weight excluding hydrogens is 330 g/mol. The van der Waals surface area contributed by atoms with Crippen LogP contribution in [0.25, 0.3) is 0 Å². The molecule has 0 aromatic rings. The van der Waals surface area contributed by atoms with Crippen LogP contribution >= 0.6 is 0 Å². The molecule has 5 heteroatoms. The van der Waals surface area contributed by atoms with E-state index in [1.54, 1.807) is 0 Å². The minimum absolute atomic E-state index is 0.0292. The highest BCUT2D eigenvalue weighted by Crippen LogP contribution is 2.37. The van der Waals surface area contributed by atoms with Crippen molar-refractivity contribution in [2.75, 3.05) is 0 Å². The Labute approximate surface area is 153 Å². The van der Waals surface area contributed by atoms with E-state index >= 15 is 0 Å². The van der Waals surface area contributed by atoms with Crippen LogP contribution in [0.2, 0.25) is 36.3 Å². The number of carbonyl (C=O) groups is 1. The lowest BCUT2D eigenvalue weighted by Crippen LogP contribution is -2.57. The highest BCUT2D eigenvalue weighted by molar-refractivity contribution is 6.78. The summed E-state index contributed by atoms with van der Waals surface area (Å²) in [6.07, 6.45) is 1.50. The van der Waals surface area contributed by atoms with Crippen LogP contribution < -0.4 is 4.98 Å². The molecule has 0 saturated carbocycles. The Morgan fingerprint density at radius 2 is 1.42 bits per heavy atom. The summed E-state index contributed by atoms with van der Waals surface area (Å²) in [6.45, 7) is 26.9. The first kappa shape index (κ1) is 23.9. The number of rotatable bonds is 7. The van der Waals surface area contributed by atoms with Crippen molar-refractivity contribution in [3.8, 4) is 0 Å². The average molecular weight is 374 g/mol. The van der Waals surface area contributed by atoms with Crippen LogP contribution in [0.4, 0.5) is 0 Å². The number of nitrogens with one attached hydrogen (secondary N) is 1. The summed E-state index contributed by atoms with van der Waals surface area (Å²) < 4.78 is 5.99. The maximum Gasteiger partial charge on any atom is 0.294 e. The van der Waals surface area contributed by atoms with E-state index < -0.39 is 16.6 Å². The molecule has 1 N–H and O–H groups in total. The third-order valence-corrected chi connectivity index (χ3v) is 15.0. The molecule has 0 fully saturated rings. The molecule has 0 aliphatic rings. The predicted octanol–water partition coefficient (Wildman–Crippen LogP) is 5.93. The predicted molar refractivity (Wildman–Crippen MR) is 111 cm³/mol. The maximum atomic E-state index is 12.6. The largest absolute Gasteiger partial charge is 0.519 e. The first-order valence-corrected chi connectivity index (χ1v) is 15.3. The SMILES string of the molecule is CC(C)CC(CC(=O)O[Si](C)(C)C(C)(C)C)N[Si](C)(C)C(C)(C)C. The number of hydrogen-bond donors (Lipinski definition) is 1. The minimum atomic E-state index is -2.04. The fourth-order valence-corrected chi connectivity index (χ4v) is 4.80. The Morgan fingerprint density at radius 1 is 0.958 bits per heavy atom. The van der Waals surface area contributed by atoms with Crippen molar-refractivity contribution in [3.05, 3.63) is 0 Å². The molecule has 144 valence electrons. The zero-order chi connectivity index (χ0) is 19.6. The number of hydrogen-bond acceptors (Lipinski definition) is 3. The van der Waals surface area contributed by atoms with Crippen LogP contribution in [-0.4, -0.2) is 28.6 Å². The summed E-state index contributed by atoms with van der Waals surface area (Å²) in [5, 5.41) is 0.314. The zero-order valence-electron chi connectivity index (χ0n) is 18.4. The van der Waals surface area contributed by atoms with Crippen molar-refractivity contribution in [1.29, 1.82) is 0 Å². The Morgan fingerprint density at radius 3 is 1.75 bits per heavy atom. The van der Waals surface area contributed by atoms with Gasteiger partial charge in [-0.25, -0.2) is 0 Å². The van der Waals surface area contributed by atoms with E-state index in [0.717, 1.165) is 6.42 Å². The lowest BCUT2D eigenvalue weighted by Gasteiger charge is -2.41. The van der Waals surface area contributed by atoms with Crippen molar-refractivity contribution >= 4 is 22.5 Å². The van der Waals surface area contributed by atoms with E-state index in [1.165, 1.54) is 0 Å². The topological polar surface area (TPSA) is 38.3 Å². The Kier molecular flexibility index (Phi) is 8.00. The molecule has 1 unspecified atom stereocenters. The van der Waals surface area contributed by atoms with Crippen LogP contribution in [0, 0.1) is 5.92 Å². The lowest BCUT2D eigenvalue weighted by molar-refractivity contribution is -0.136. The van der Waals surface area contributed by atoms with Crippen molar-refractivity contribution in [2.24, 2.45) is 5.92 Å². The summed E-state index contributed by atoms with van der Waals surface area (Å²) >= 11 is 0. The fraction of sp³-hybridized carbons (Fsp3) is 0.947. The first-order chi connectivity index (χ1) is 10.4. The third kappa shape index (κ3) is 7.40. The van der Waals surface area contributed by atoms with E-state index in [2.05, 4.69) is 86.6 Å². The van der Waals surface area contributed by atoms with Crippen molar-refractivity contribution in [3.63, 3.8) is 0 Å². The summed E-state index contributed by atoms with van der Waals surface area (Å²) in [6, 6.07) is 0.211. The molecule has 0 aromatic heterocycles. The molecule has 0 aromatic carbocycles. The van der Waals surface area contributed by atoms with Gasteiger partial charge >= 0.3 is 0 Å². The van der Waals surface area contributed by atoms with Gasteiger partial charge in [0.05, 0.1) is 6.42 Å². The van der Waals surface area contributed by atoms with Crippen molar-refractivity contribution in [1.82, 2.24) is 4.98 Å². The summed E-state index contributed by atoms with van der Waals surface area (Å²) in [5.74, 6) is 0.534. The second-order valence-electron chi connectivity index (χ2n) is 10.8. The molecule has 0 saturated heterocycles. The van der Waals surface area contributed by atoms with E-state index in [9.17, 15) is 4.79 Å². The number of carbonyl (C=O) groups excluding carboxylic acids is 1. The second-order valence-corrected chi connectivity index (χ2v) is 20.5. The Balaban J connectivity index is 5.08. The average Bonchev–Trinajstić information content (AvgIpc) is 2.22. The van der Waals surface area contributed by atoms with Crippen molar-refractivity contribution < 1.29 is 9.22 Å². The molecule has 0 rings (SSSR count). The molecule has 24 heavy (non-hydrogen) atoms. The maximum absolute atomic E-state index is 12.6. The van der Waals surface area contributed by atoms with Gasteiger partial charge in [-0.05, 0) is 35.5 Å². The minimum Gasteiger partial charge on any atom is -0.519 e. The smallest absolute Gasteiger partial charge is 0.294 e. The van der Waals surface area contributed by atoms with Gasteiger partial charge in [0.2, 0.25) is 0 Å². The van der Waals surface area contributed by atoms with Gasteiger partial charge in [0, 0.05) is 6.04 Å². The van der Waals surface area contributed by atoms with Crippen LogP contribution in [-0.2, 0) is 9.22 Å². The zero-order valence-corrected chi connectivity index (χ0v) is 20.4. The third-order valence-electron chi connectivity index (χ3n) is 5.78. The quantitative estimate of drug-likeness (QED) is 0.562. The van der Waals surface area contributed by atoms with E-state index in [1.807, 2.05) is 0 Å². The van der Waals surface area contributed by atoms with Gasteiger partial charge in [-0.2, -0.15) is 0 Å². The first-order valence-electron chi connectivity index (χ1n) is 9.38. The molecule has 0 radical (unpaired) electrons. The van der Waals surface area contributed by atoms with Gasteiger partial charge in [0.15, 0.2) is 0 Å². The summed E-state index contributed by atoms with van der Waals surface area (Å²) in [7, 11) is -3.68. The van der Waals surface area contributed by atoms with Gasteiger partial charge in [0.1, 0.15) is 8.24 Å². The van der Waals surface area contributed by atoms with Gasteiger partial charge in [-0.1, -0.05) is 68.5 Å². The highest BCUT2D eigenvalue weighted by atomic mass is 28.4. The molecule has 0 amide bonds. The van der Waals surface area contributed by atoms with E-state index in [-0.39, 0.29) is 22.1 Å². The van der Waals surface area contributed by atoms with Crippen LogP contribution in [0.15, 0.2) is 0 Å². The molecule has 0 spiro atoms. The molecular formula is C19H43NO2Si2. The van der Waals surface area contributed by atoms with Gasteiger partial charge in [-0.3, -0.25) is 4.79 Å². The molecule has 0 aliphatic carbocycles. The van der Waals surface area contributed by atoms with Crippen LogP contribution in [0.3, 0.4) is 0 Å². The summed E-state index contributed by atoms with van der Waals surface area (Å²) in [4.78, 5) is 16.5. The fourth-order valence-electron chi connectivity index (χ4n) is 2.17. The molecule has 3 nitrogen and oxygen atoms in total. The normalized spacial score (nSPS) is 15.5. The molecule has 0 bridgehead atoms. The van der Waals surface area contributed by atoms with Gasteiger partial charge < -0.3 is 9.41 Å². The molecule has 0 aliphatic heterocycles. The van der Waals surface area contributed by atoms with E-state index in [0.29, 0.717) is 12.3 Å². The van der Waals surface area contributed by atoms with Gasteiger partial charge in [0.25, 0.3) is 14.3 Å².